The molecule has 1 heteroatoms. The van der Waals surface area contributed by atoms with Gasteiger partial charge in [0.2, 0.25) is 0 Å². The monoisotopic (exact) mass is 109 g/mol. The summed E-state index contributed by atoms with van der Waals surface area (Å²) in [6, 6.07) is 0. The lowest BCUT2D eigenvalue weighted by Crippen LogP contribution is -1.96. The Labute approximate surface area is 50.1 Å². The highest BCUT2D eigenvalue weighted by molar-refractivity contribution is 5.95. The minimum absolute atomic E-state index is 1.17. The standard InChI is InChI=1S/C7H11N/c1-8-7-5-3-2-4-6-7/h3,5H,2,4,6H2,1H3. The Hall–Kier alpha value is -0.590. The van der Waals surface area contributed by atoms with E-state index >= 15 is 0 Å². The van der Waals surface area contributed by atoms with Gasteiger partial charge in [-0.1, -0.05) is 6.08 Å². The molecule has 1 nitrogen and oxygen atoms in total. The van der Waals surface area contributed by atoms with Crippen molar-refractivity contribution in [1.29, 1.82) is 0 Å². The molecule has 0 spiro atoms. The van der Waals surface area contributed by atoms with Gasteiger partial charge in [-0.15, -0.1) is 0 Å². The fourth-order valence-electron chi connectivity index (χ4n) is 0.890. The normalized spacial score (nSPS) is 24.4. The molecule has 0 aliphatic heterocycles. The molecule has 0 saturated carbocycles. The third-order valence-corrected chi connectivity index (χ3v) is 1.40. The van der Waals surface area contributed by atoms with Crippen LogP contribution in [0.5, 0.6) is 0 Å². The van der Waals surface area contributed by atoms with Crippen LogP contribution in [0, 0.1) is 0 Å². The number of aliphatic imine (C=N–C) groups is 1. The lowest BCUT2D eigenvalue weighted by Gasteiger charge is -2.02. The van der Waals surface area contributed by atoms with E-state index in [0.29, 0.717) is 0 Å². The summed E-state index contributed by atoms with van der Waals surface area (Å²) in [7, 11) is 1.85. The maximum Gasteiger partial charge on any atom is 0.0341 e. The quantitative estimate of drug-likeness (QED) is 0.449. The van der Waals surface area contributed by atoms with Crippen LogP contribution in [0.4, 0.5) is 0 Å². The Morgan fingerprint density at radius 3 is 2.88 bits per heavy atom. The summed E-state index contributed by atoms with van der Waals surface area (Å²) in [5.41, 5.74) is 1.25. The lowest BCUT2D eigenvalue weighted by molar-refractivity contribution is 0.877. The van der Waals surface area contributed by atoms with E-state index in [2.05, 4.69) is 17.1 Å². The van der Waals surface area contributed by atoms with E-state index in [0.717, 1.165) is 0 Å². The fraction of sp³-hybridized carbons (Fsp3) is 0.571. The highest BCUT2D eigenvalue weighted by Gasteiger charge is 1.96. The molecule has 0 aromatic rings. The van der Waals surface area contributed by atoms with Crippen LogP contribution >= 0.6 is 0 Å². The lowest BCUT2D eigenvalue weighted by atomic mass is 10.1. The van der Waals surface area contributed by atoms with Crippen LogP contribution in [-0.4, -0.2) is 12.8 Å². The highest BCUT2D eigenvalue weighted by atomic mass is 14.7. The first-order chi connectivity index (χ1) is 3.93. The summed E-state index contributed by atoms with van der Waals surface area (Å²) in [4.78, 5) is 4.08. The molecule has 0 bridgehead atoms. The van der Waals surface area contributed by atoms with Crippen molar-refractivity contribution in [2.45, 2.75) is 19.3 Å². The minimum atomic E-state index is 1.17. The second-order valence-corrected chi connectivity index (χ2v) is 2.01. The van der Waals surface area contributed by atoms with E-state index < -0.39 is 0 Å². The number of allylic oxidation sites excluding steroid dienone is 2. The molecule has 0 unspecified atom stereocenters. The average Bonchev–Trinajstić information content (AvgIpc) is 1.90. The van der Waals surface area contributed by atoms with Gasteiger partial charge >= 0.3 is 0 Å². The van der Waals surface area contributed by atoms with Crippen molar-refractivity contribution in [3.63, 3.8) is 0 Å². The smallest absolute Gasteiger partial charge is 0.0341 e. The van der Waals surface area contributed by atoms with Crippen molar-refractivity contribution in [2.75, 3.05) is 7.05 Å². The van der Waals surface area contributed by atoms with E-state index in [1.54, 1.807) is 0 Å². The third-order valence-electron chi connectivity index (χ3n) is 1.40. The van der Waals surface area contributed by atoms with Crippen LogP contribution in [-0.2, 0) is 0 Å². The van der Waals surface area contributed by atoms with Crippen LogP contribution in [0.2, 0.25) is 0 Å². The van der Waals surface area contributed by atoms with Gasteiger partial charge in [0, 0.05) is 12.8 Å². The van der Waals surface area contributed by atoms with Crippen LogP contribution < -0.4 is 0 Å². The van der Waals surface area contributed by atoms with E-state index in [1.165, 1.54) is 25.0 Å². The largest absolute Gasteiger partial charge is 0.293 e. The second kappa shape index (κ2) is 2.65. The van der Waals surface area contributed by atoms with Crippen molar-refractivity contribution >= 4 is 5.71 Å². The van der Waals surface area contributed by atoms with Gasteiger partial charge in [-0.2, -0.15) is 0 Å². The van der Waals surface area contributed by atoms with Crippen LogP contribution in [0.25, 0.3) is 0 Å². The Morgan fingerprint density at radius 1 is 1.62 bits per heavy atom. The summed E-state index contributed by atoms with van der Waals surface area (Å²) < 4.78 is 0. The Kier molecular flexibility index (Phi) is 1.84. The van der Waals surface area contributed by atoms with Crippen molar-refractivity contribution in [3.8, 4) is 0 Å². The summed E-state index contributed by atoms with van der Waals surface area (Å²) in [6.45, 7) is 0. The highest BCUT2D eigenvalue weighted by Crippen LogP contribution is 2.06. The van der Waals surface area contributed by atoms with Crippen molar-refractivity contribution < 1.29 is 0 Å². The molecule has 0 aromatic heterocycles. The Morgan fingerprint density at radius 2 is 2.50 bits per heavy atom. The van der Waals surface area contributed by atoms with Gasteiger partial charge < -0.3 is 0 Å². The summed E-state index contributed by atoms with van der Waals surface area (Å²) in [6.07, 6.45) is 7.99. The van der Waals surface area contributed by atoms with Crippen LogP contribution in [0.15, 0.2) is 17.1 Å². The number of hydrogen-bond donors (Lipinski definition) is 0. The van der Waals surface area contributed by atoms with Crippen LogP contribution in [0.1, 0.15) is 19.3 Å². The minimum Gasteiger partial charge on any atom is -0.293 e. The average molecular weight is 109 g/mol. The summed E-state index contributed by atoms with van der Waals surface area (Å²) >= 11 is 0. The predicted octanol–water partition coefficient (Wildman–Crippen LogP) is 1.80. The van der Waals surface area contributed by atoms with Gasteiger partial charge in [0.05, 0.1) is 0 Å². The van der Waals surface area contributed by atoms with Crippen molar-refractivity contribution in [1.82, 2.24) is 0 Å². The molecule has 0 heterocycles. The molecule has 8 heavy (non-hydrogen) atoms. The molecule has 0 N–H and O–H groups in total. The summed E-state index contributed by atoms with van der Waals surface area (Å²) in [5.74, 6) is 0. The third kappa shape index (κ3) is 1.19. The molecule has 0 fully saturated rings. The SMILES string of the molecule is CN=C1C=CCCC1. The maximum atomic E-state index is 4.08. The van der Waals surface area contributed by atoms with Gasteiger partial charge in [0.1, 0.15) is 0 Å². The molecular weight excluding hydrogens is 98.1 g/mol. The zero-order chi connectivity index (χ0) is 5.82. The van der Waals surface area contributed by atoms with Gasteiger partial charge in [-0.05, 0) is 25.3 Å². The van der Waals surface area contributed by atoms with Crippen molar-refractivity contribution in [2.24, 2.45) is 4.99 Å². The van der Waals surface area contributed by atoms with E-state index in [-0.39, 0.29) is 0 Å². The first-order valence-corrected chi connectivity index (χ1v) is 3.05. The summed E-state index contributed by atoms with van der Waals surface area (Å²) in [5, 5.41) is 0. The molecule has 0 aromatic carbocycles. The van der Waals surface area contributed by atoms with Crippen LogP contribution in [0.3, 0.4) is 0 Å². The number of nitrogens with zero attached hydrogens (tertiary/aromatic N) is 1. The first-order valence-electron chi connectivity index (χ1n) is 3.05. The maximum absolute atomic E-state index is 4.08. The Balaban J connectivity index is 2.56. The molecule has 0 atom stereocenters. The topological polar surface area (TPSA) is 12.4 Å². The number of hydrogen-bond acceptors (Lipinski definition) is 1. The molecule has 44 valence electrons. The number of rotatable bonds is 0. The van der Waals surface area contributed by atoms with Gasteiger partial charge in [0.25, 0.3) is 0 Å². The molecule has 0 radical (unpaired) electrons. The van der Waals surface area contributed by atoms with Crippen molar-refractivity contribution in [3.05, 3.63) is 12.2 Å². The van der Waals surface area contributed by atoms with Gasteiger partial charge in [-0.25, -0.2) is 0 Å². The molecule has 1 rings (SSSR count). The van der Waals surface area contributed by atoms with Gasteiger partial charge in [-0.3, -0.25) is 4.99 Å². The van der Waals surface area contributed by atoms with Gasteiger partial charge in [0.15, 0.2) is 0 Å². The predicted molar refractivity (Wildman–Crippen MR) is 36.4 cm³/mol. The van der Waals surface area contributed by atoms with E-state index in [1.807, 2.05) is 7.05 Å². The van der Waals surface area contributed by atoms with E-state index in [9.17, 15) is 0 Å². The molecule has 0 saturated heterocycles. The zero-order valence-corrected chi connectivity index (χ0v) is 5.22. The Bertz CT molecular complexity index is 122. The zero-order valence-electron chi connectivity index (χ0n) is 5.22. The first kappa shape index (κ1) is 5.54. The molecule has 1 aliphatic carbocycles. The molecule has 1 aliphatic rings. The van der Waals surface area contributed by atoms with E-state index in [4.69, 9.17) is 0 Å². The second-order valence-electron chi connectivity index (χ2n) is 2.01. The molecule has 0 amide bonds. The fourth-order valence-corrected chi connectivity index (χ4v) is 0.890. The molecular formula is C7H11N.